The molecule has 0 aliphatic carbocycles. The molecule has 4 nitrogen and oxygen atoms in total. The highest BCUT2D eigenvalue weighted by Crippen LogP contribution is 2.48. The van der Waals surface area contributed by atoms with Crippen molar-refractivity contribution in [1.82, 2.24) is 0 Å². The van der Waals surface area contributed by atoms with Crippen LogP contribution in [0.4, 0.5) is 0 Å². The van der Waals surface area contributed by atoms with Crippen molar-refractivity contribution < 1.29 is 19.3 Å². The van der Waals surface area contributed by atoms with E-state index in [4.69, 9.17) is 14.2 Å². The highest BCUT2D eigenvalue weighted by Gasteiger charge is 2.45. The zero-order valence-corrected chi connectivity index (χ0v) is 12.1. The van der Waals surface area contributed by atoms with E-state index in [1.165, 1.54) is 0 Å². The second kappa shape index (κ2) is 4.79. The molecule has 2 aliphatic rings. The van der Waals surface area contributed by atoms with Crippen molar-refractivity contribution in [2.75, 3.05) is 13.2 Å². The summed E-state index contributed by atoms with van der Waals surface area (Å²) in [5.41, 5.74) is 1.13. The van der Waals surface area contributed by atoms with Crippen LogP contribution in [0, 0.1) is 0 Å². The standard InChI is InChI=1S/C16H20O4/c1-4-18-14-12-11(20-16(2,3)15(14)17)8-7-10-6-5-9-19-13(10)12/h5-8,14-15,17H,4,9H2,1-3H3/t14-,15+/m0/s1. The largest absolute Gasteiger partial charge is 0.488 e. The first-order valence-electron chi connectivity index (χ1n) is 6.99. The fourth-order valence-corrected chi connectivity index (χ4v) is 2.78. The van der Waals surface area contributed by atoms with Gasteiger partial charge in [0, 0.05) is 12.2 Å². The van der Waals surface area contributed by atoms with E-state index in [0.717, 1.165) is 22.6 Å². The number of rotatable bonds is 2. The Kier molecular flexibility index (Phi) is 3.22. The molecule has 0 unspecified atom stereocenters. The first-order valence-corrected chi connectivity index (χ1v) is 6.99. The minimum absolute atomic E-state index is 0.430. The number of hydrogen-bond donors (Lipinski definition) is 1. The molecular weight excluding hydrogens is 256 g/mol. The highest BCUT2D eigenvalue weighted by atomic mass is 16.5. The molecule has 108 valence electrons. The van der Waals surface area contributed by atoms with Crippen LogP contribution in [-0.4, -0.2) is 30.0 Å². The molecule has 1 aromatic carbocycles. The van der Waals surface area contributed by atoms with Crippen molar-refractivity contribution in [3.8, 4) is 11.5 Å². The Morgan fingerprint density at radius 1 is 1.40 bits per heavy atom. The SMILES string of the molecule is CCO[C@H]1c2c(ccc3c2OCC=C3)OC(C)(C)[C@@H]1O. The number of ether oxygens (including phenoxy) is 3. The minimum Gasteiger partial charge on any atom is -0.488 e. The van der Waals surface area contributed by atoms with Gasteiger partial charge < -0.3 is 19.3 Å². The molecule has 2 heterocycles. The van der Waals surface area contributed by atoms with E-state index in [0.29, 0.717) is 13.2 Å². The fraction of sp³-hybridized carbons (Fsp3) is 0.500. The Bertz CT molecular complexity index is 548. The quantitative estimate of drug-likeness (QED) is 0.902. The third kappa shape index (κ3) is 2.00. The smallest absolute Gasteiger partial charge is 0.136 e. The van der Waals surface area contributed by atoms with Crippen molar-refractivity contribution in [3.63, 3.8) is 0 Å². The van der Waals surface area contributed by atoms with E-state index in [1.54, 1.807) is 0 Å². The average Bonchev–Trinajstić information content (AvgIpc) is 2.43. The monoisotopic (exact) mass is 276 g/mol. The highest BCUT2D eigenvalue weighted by molar-refractivity contribution is 5.66. The predicted molar refractivity (Wildman–Crippen MR) is 76.1 cm³/mol. The molecule has 1 N–H and O–H groups in total. The van der Waals surface area contributed by atoms with Gasteiger partial charge in [-0.15, -0.1) is 0 Å². The molecule has 0 saturated carbocycles. The van der Waals surface area contributed by atoms with E-state index < -0.39 is 17.8 Å². The number of benzene rings is 1. The van der Waals surface area contributed by atoms with Gasteiger partial charge in [-0.05, 0) is 39.0 Å². The van der Waals surface area contributed by atoms with Crippen LogP contribution in [0.15, 0.2) is 18.2 Å². The lowest BCUT2D eigenvalue weighted by Gasteiger charge is -2.42. The van der Waals surface area contributed by atoms with Gasteiger partial charge in [-0.25, -0.2) is 0 Å². The van der Waals surface area contributed by atoms with E-state index in [1.807, 2.05) is 45.1 Å². The fourth-order valence-electron chi connectivity index (χ4n) is 2.78. The predicted octanol–water partition coefficient (Wildman–Crippen LogP) is 2.70. The topological polar surface area (TPSA) is 47.9 Å². The summed E-state index contributed by atoms with van der Waals surface area (Å²) >= 11 is 0. The maximum atomic E-state index is 10.6. The summed E-state index contributed by atoms with van der Waals surface area (Å²) in [6, 6.07) is 3.90. The zero-order valence-electron chi connectivity index (χ0n) is 12.1. The van der Waals surface area contributed by atoms with Crippen LogP contribution in [0.25, 0.3) is 6.08 Å². The average molecular weight is 276 g/mol. The van der Waals surface area contributed by atoms with Gasteiger partial charge in [0.15, 0.2) is 0 Å². The van der Waals surface area contributed by atoms with E-state index >= 15 is 0 Å². The molecule has 0 saturated heterocycles. The number of hydrogen-bond acceptors (Lipinski definition) is 4. The molecule has 0 spiro atoms. The Balaban J connectivity index is 2.16. The molecule has 1 aromatic rings. The summed E-state index contributed by atoms with van der Waals surface area (Å²) in [4.78, 5) is 0. The normalized spacial score (nSPS) is 26.2. The summed E-state index contributed by atoms with van der Waals surface area (Å²) in [6.07, 6.45) is 2.82. The molecule has 0 bridgehead atoms. The van der Waals surface area contributed by atoms with Crippen molar-refractivity contribution in [1.29, 1.82) is 0 Å². The molecule has 3 rings (SSSR count). The van der Waals surface area contributed by atoms with E-state index in [2.05, 4.69) is 0 Å². The van der Waals surface area contributed by atoms with Gasteiger partial charge in [0.25, 0.3) is 0 Å². The summed E-state index contributed by atoms with van der Waals surface area (Å²) in [6.45, 7) is 6.71. The van der Waals surface area contributed by atoms with Gasteiger partial charge >= 0.3 is 0 Å². The van der Waals surface area contributed by atoms with Crippen LogP contribution >= 0.6 is 0 Å². The lowest BCUT2D eigenvalue weighted by molar-refractivity contribution is -0.133. The summed E-state index contributed by atoms with van der Waals surface area (Å²) in [7, 11) is 0. The lowest BCUT2D eigenvalue weighted by Crippen LogP contribution is -2.49. The van der Waals surface area contributed by atoms with Crippen LogP contribution < -0.4 is 9.47 Å². The van der Waals surface area contributed by atoms with Gasteiger partial charge in [0.1, 0.15) is 35.9 Å². The number of aliphatic hydroxyl groups is 1. The van der Waals surface area contributed by atoms with Crippen LogP contribution in [0.1, 0.15) is 38.0 Å². The molecule has 2 aliphatic heterocycles. The first kappa shape index (κ1) is 13.5. The van der Waals surface area contributed by atoms with E-state index in [9.17, 15) is 5.11 Å². The van der Waals surface area contributed by atoms with E-state index in [-0.39, 0.29) is 0 Å². The Morgan fingerprint density at radius 3 is 2.95 bits per heavy atom. The second-order valence-electron chi connectivity index (χ2n) is 5.64. The first-order chi connectivity index (χ1) is 9.54. The molecule has 2 atom stereocenters. The van der Waals surface area contributed by atoms with Crippen molar-refractivity contribution >= 4 is 6.08 Å². The third-order valence-corrected chi connectivity index (χ3v) is 3.81. The molecular formula is C16H20O4. The second-order valence-corrected chi connectivity index (χ2v) is 5.64. The minimum atomic E-state index is -0.740. The zero-order chi connectivity index (χ0) is 14.3. The van der Waals surface area contributed by atoms with Gasteiger partial charge in [-0.1, -0.05) is 6.08 Å². The van der Waals surface area contributed by atoms with Crippen LogP contribution in [-0.2, 0) is 4.74 Å². The molecule has 4 heteroatoms. The number of fused-ring (bicyclic) bond motifs is 3. The summed E-state index contributed by atoms with van der Waals surface area (Å²) < 4.78 is 17.5. The van der Waals surface area contributed by atoms with Gasteiger partial charge in [0.05, 0.1) is 5.56 Å². The maximum Gasteiger partial charge on any atom is 0.136 e. The third-order valence-electron chi connectivity index (χ3n) is 3.81. The molecule has 0 amide bonds. The molecule has 20 heavy (non-hydrogen) atoms. The van der Waals surface area contributed by atoms with Crippen LogP contribution in [0.2, 0.25) is 0 Å². The van der Waals surface area contributed by atoms with Gasteiger partial charge in [-0.3, -0.25) is 0 Å². The van der Waals surface area contributed by atoms with Crippen molar-refractivity contribution in [3.05, 3.63) is 29.3 Å². The molecule has 0 fully saturated rings. The maximum absolute atomic E-state index is 10.6. The molecule has 0 radical (unpaired) electrons. The molecule has 0 aromatic heterocycles. The van der Waals surface area contributed by atoms with Crippen molar-refractivity contribution in [2.24, 2.45) is 0 Å². The Morgan fingerprint density at radius 2 is 2.20 bits per heavy atom. The van der Waals surface area contributed by atoms with Crippen LogP contribution in [0.5, 0.6) is 11.5 Å². The van der Waals surface area contributed by atoms with Gasteiger partial charge in [-0.2, -0.15) is 0 Å². The lowest BCUT2D eigenvalue weighted by atomic mass is 9.86. The van der Waals surface area contributed by atoms with Crippen molar-refractivity contribution in [2.45, 2.75) is 38.6 Å². The summed E-state index contributed by atoms with van der Waals surface area (Å²) in [5, 5.41) is 10.6. The van der Waals surface area contributed by atoms with Gasteiger partial charge in [0.2, 0.25) is 0 Å². The number of aliphatic hydroxyl groups excluding tert-OH is 1. The summed E-state index contributed by atoms with van der Waals surface area (Å²) in [5.74, 6) is 1.49. The Hall–Kier alpha value is -1.52. The van der Waals surface area contributed by atoms with Crippen LogP contribution in [0.3, 0.4) is 0 Å². The Labute approximate surface area is 119 Å².